The molecule has 1 aromatic rings. The maximum Gasteiger partial charge on any atom is 0.142 e. The molecule has 2 heteroatoms. The molecular formula is C16H25NO. The molecule has 1 saturated carbocycles. The van der Waals surface area contributed by atoms with Crippen LogP contribution in [0.2, 0.25) is 0 Å². The molecule has 2 atom stereocenters. The molecule has 1 fully saturated rings. The monoisotopic (exact) mass is 247 g/mol. The summed E-state index contributed by atoms with van der Waals surface area (Å²) >= 11 is 0. The molecule has 0 radical (unpaired) electrons. The molecule has 0 aliphatic heterocycles. The number of nitrogens with one attached hydrogen (secondary N) is 1. The standard InChI is InChI=1S/C16H25NO/c1-3-13-9-5-6-10-14(13)17-15-11-7-8-12-16(15)18-4-2/h7-8,11-14,17H,3-6,9-10H2,1-2H3. The lowest BCUT2D eigenvalue weighted by molar-refractivity contribution is 0.313. The van der Waals surface area contributed by atoms with Crippen molar-refractivity contribution in [3.05, 3.63) is 24.3 Å². The van der Waals surface area contributed by atoms with Crippen molar-refractivity contribution in [3.8, 4) is 5.75 Å². The zero-order valence-corrected chi connectivity index (χ0v) is 11.6. The van der Waals surface area contributed by atoms with Gasteiger partial charge in [0.05, 0.1) is 12.3 Å². The minimum absolute atomic E-state index is 0.616. The quantitative estimate of drug-likeness (QED) is 0.829. The molecule has 0 saturated heterocycles. The van der Waals surface area contributed by atoms with Gasteiger partial charge in [0, 0.05) is 6.04 Å². The van der Waals surface area contributed by atoms with Gasteiger partial charge in [0.15, 0.2) is 0 Å². The van der Waals surface area contributed by atoms with Gasteiger partial charge in [-0.15, -0.1) is 0 Å². The number of benzene rings is 1. The smallest absolute Gasteiger partial charge is 0.142 e. The van der Waals surface area contributed by atoms with Crippen LogP contribution in [-0.4, -0.2) is 12.6 Å². The fourth-order valence-electron chi connectivity index (χ4n) is 2.95. The van der Waals surface area contributed by atoms with E-state index < -0.39 is 0 Å². The average molecular weight is 247 g/mol. The van der Waals surface area contributed by atoms with Gasteiger partial charge in [0.1, 0.15) is 5.75 Å². The van der Waals surface area contributed by atoms with Crippen molar-refractivity contribution in [3.63, 3.8) is 0 Å². The van der Waals surface area contributed by atoms with Crippen LogP contribution in [0, 0.1) is 5.92 Å². The number of anilines is 1. The fraction of sp³-hybridized carbons (Fsp3) is 0.625. The van der Waals surface area contributed by atoms with Crippen LogP contribution in [0.4, 0.5) is 5.69 Å². The van der Waals surface area contributed by atoms with E-state index in [1.165, 1.54) is 32.1 Å². The van der Waals surface area contributed by atoms with E-state index in [0.29, 0.717) is 6.04 Å². The van der Waals surface area contributed by atoms with Crippen molar-refractivity contribution in [2.45, 2.75) is 52.0 Å². The van der Waals surface area contributed by atoms with Crippen molar-refractivity contribution in [2.75, 3.05) is 11.9 Å². The molecule has 1 aromatic carbocycles. The van der Waals surface area contributed by atoms with Crippen LogP contribution in [0.5, 0.6) is 5.75 Å². The van der Waals surface area contributed by atoms with Gasteiger partial charge in [0.2, 0.25) is 0 Å². The molecular weight excluding hydrogens is 222 g/mol. The van der Waals surface area contributed by atoms with Gasteiger partial charge in [-0.25, -0.2) is 0 Å². The average Bonchev–Trinajstić information content (AvgIpc) is 2.42. The molecule has 0 amide bonds. The van der Waals surface area contributed by atoms with Crippen LogP contribution >= 0.6 is 0 Å². The first kappa shape index (κ1) is 13.3. The SMILES string of the molecule is CCOc1ccccc1NC1CCCCC1CC. The Bertz CT molecular complexity index is 364. The van der Waals surface area contributed by atoms with Crippen LogP contribution in [0.25, 0.3) is 0 Å². The van der Waals surface area contributed by atoms with E-state index in [0.717, 1.165) is 24.0 Å². The van der Waals surface area contributed by atoms with Crippen LogP contribution in [0.3, 0.4) is 0 Å². The van der Waals surface area contributed by atoms with E-state index in [-0.39, 0.29) is 0 Å². The highest BCUT2D eigenvalue weighted by Crippen LogP contribution is 2.32. The Morgan fingerprint density at radius 3 is 2.72 bits per heavy atom. The molecule has 2 nitrogen and oxygen atoms in total. The number of para-hydroxylation sites is 2. The maximum absolute atomic E-state index is 5.68. The summed E-state index contributed by atoms with van der Waals surface area (Å²) in [5, 5.41) is 3.71. The van der Waals surface area contributed by atoms with E-state index in [1.54, 1.807) is 0 Å². The van der Waals surface area contributed by atoms with Gasteiger partial charge < -0.3 is 10.1 Å². The first-order chi connectivity index (χ1) is 8.85. The highest BCUT2D eigenvalue weighted by molar-refractivity contribution is 5.56. The second kappa shape index (κ2) is 6.67. The van der Waals surface area contributed by atoms with Crippen LogP contribution in [-0.2, 0) is 0 Å². The summed E-state index contributed by atoms with van der Waals surface area (Å²) in [7, 11) is 0. The fourth-order valence-corrected chi connectivity index (χ4v) is 2.95. The Hall–Kier alpha value is -1.18. The second-order valence-corrected chi connectivity index (χ2v) is 5.13. The van der Waals surface area contributed by atoms with Crippen LogP contribution in [0.15, 0.2) is 24.3 Å². The molecule has 2 rings (SSSR count). The van der Waals surface area contributed by atoms with Crippen molar-refractivity contribution >= 4 is 5.69 Å². The van der Waals surface area contributed by atoms with Crippen LogP contribution < -0.4 is 10.1 Å². The normalized spacial score (nSPS) is 23.7. The van der Waals surface area contributed by atoms with E-state index in [2.05, 4.69) is 30.4 Å². The van der Waals surface area contributed by atoms with Gasteiger partial charge in [-0.05, 0) is 37.8 Å². The van der Waals surface area contributed by atoms with Crippen molar-refractivity contribution in [1.29, 1.82) is 0 Å². The summed E-state index contributed by atoms with van der Waals surface area (Å²) in [6.07, 6.45) is 6.67. The predicted molar refractivity (Wildman–Crippen MR) is 77.3 cm³/mol. The van der Waals surface area contributed by atoms with Gasteiger partial charge in [-0.3, -0.25) is 0 Å². The molecule has 1 N–H and O–H groups in total. The maximum atomic E-state index is 5.68. The Balaban J connectivity index is 2.07. The Morgan fingerprint density at radius 2 is 1.94 bits per heavy atom. The molecule has 1 aliphatic rings. The number of hydrogen-bond donors (Lipinski definition) is 1. The summed E-state index contributed by atoms with van der Waals surface area (Å²) in [6.45, 7) is 5.06. The zero-order chi connectivity index (χ0) is 12.8. The Labute approximate surface area is 111 Å². The van der Waals surface area contributed by atoms with Crippen molar-refractivity contribution in [2.24, 2.45) is 5.92 Å². The third kappa shape index (κ3) is 3.18. The molecule has 0 heterocycles. The molecule has 2 unspecified atom stereocenters. The number of hydrogen-bond acceptors (Lipinski definition) is 2. The van der Waals surface area contributed by atoms with Crippen molar-refractivity contribution < 1.29 is 4.74 Å². The van der Waals surface area contributed by atoms with E-state index in [9.17, 15) is 0 Å². The third-order valence-electron chi connectivity index (χ3n) is 3.96. The van der Waals surface area contributed by atoms with E-state index >= 15 is 0 Å². The lowest BCUT2D eigenvalue weighted by Gasteiger charge is -2.32. The Kier molecular flexibility index (Phi) is 4.91. The summed E-state index contributed by atoms with van der Waals surface area (Å²) in [6, 6.07) is 8.91. The molecule has 18 heavy (non-hydrogen) atoms. The second-order valence-electron chi connectivity index (χ2n) is 5.13. The summed E-state index contributed by atoms with van der Waals surface area (Å²) in [4.78, 5) is 0. The lowest BCUT2D eigenvalue weighted by Crippen LogP contribution is -2.31. The minimum atomic E-state index is 0.616. The first-order valence-corrected chi connectivity index (χ1v) is 7.33. The van der Waals surface area contributed by atoms with Crippen molar-refractivity contribution in [1.82, 2.24) is 0 Å². The highest BCUT2D eigenvalue weighted by atomic mass is 16.5. The lowest BCUT2D eigenvalue weighted by atomic mass is 9.83. The molecule has 0 aromatic heterocycles. The van der Waals surface area contributed by atoms with Gasteiger partial charge >= 0.3 is 0 Å². The Morgan fingerprint density at radius 1 is 1.17 bits per heavy atom. The van der Waals surface area contributed by atoms with Gasteiger partial charge in [-0.2, -0.15) is 0 Å². The van der Waals surface area contributed by atoms with Gasteiger partial charge in [0.25, 0.3) is 0 Å². The third-order valence-corrected chi connectivity index (χ3v) is 3.96. The topological polar surface area (TPSA) is 21.3 Å². The molecule has 0 bridgehead atoms. The van der Waals surface area contributed by atoms with Crippen LogP contribution in [0.1, 0.15) is 46.0 Å². The molecule has 1 aliphatic carbocycles. The predicted octanol–water partition coefficient (Wildman–Crippen LogP) is 4.47. The van der Waals surface area contributed by atoms with Gasteiger partial charge in [-0.1, -0.05) is 38.3 Å². The van der Waals surface area contributed by atoms with E-state index in [4.69, 9.17) is 4.74 Å². The zero-order valence-electron chi connectivity index (χ0n) is 11.6. The summed E-state index contributed by atoms with van der Waals surface area (Å²) in [5.74, 6) is 1.80. The minimum Gasteiger partial charge on any atom is -0.492 e. The van der Waals surface area contributed by atoms with E-state index in [1.807, 2.05) is 13.0 Å². The first-order valence-electron chi connectivity index (χ1n) is 7.33. The summed E-state index contributed by atoms with van der Waals surface area (Å²) in [5.41, 5.74) is 1.16. The number of ether oxygens (including phenoxy) is 1. The highest BCUT2D eigenvalue weighted by Gasteiger charge is 2.24. The molecule has 100 valence electrons. The molecule has 0 spiro atoms. The number of rotatable bonds is 5. The largest absolute Gasteiger partial charge is 0.492 e. The summed E-state index contributed by atoms with van der Waals surface area (Å²) < 4.78 is 5.68.